The summed E-state index contributed by atoms with van der Waals surface area (Å²) in [7, 11) is -0.108. The summed E-state index contributed by atoms with van der Waals surface area (Å²) in [4.78, 5) is 28.7. The Kier molecular flexibility index (Phi) is 6.68. The topological polar surface area (TPSA) is 90.0 Å². The van der Waals surface area contributed by atoms with Crippen molar-refractivity contribution in [2.24, 2.45) is 0 Å². The molecule has 1 aromatic carbocycles. The second kappa shape index (κ2) is 9.04. The van der Waals surface area contributed by atoms with Crippen LogP contribution in [0.25, 0.3) is 0 Å². The predicted molar refractivity (Wildman–Crippen MR) is 113 cm³/mol. The lowest BCUT2D eigenvalue weighted by atomic mass is 10.3. The molecule has 0 atom stereocenters. The molecule has 0 bridgehead atoms. The van der Waals surface area contributed by atoms with Crippen LogP contribution in [0.5, 0.6) is 0 Å². The highest BCUT2D eigenvalue weighted by atomic mass is 32.2. The number of likely N-dealkylation sites (N-methyl/N-ethyl adjacent to an activating group) is 2. The molecule has 0 radical (unpaired) electrons. The van der Waals surface area contributed by atoms with Crippen LogP contribution >= 0.6 is 11.3 Å². The molecule has 10 heteroatoms. The number of piperazine rings is 1. The van der Waals surface area contributed by atoms with E-state index in [2.05, 4.69) is 10.2 Å². The highest BCUT2D eigenvalue weighted by Gasteiger charge is 2.27. The average molecular weight is 437 g/mol. The molecule has 3 rings (SSSR count). The third-order valence-electron chi connectivity index (χ3n) is 4.68. The van der Waals surface area contributed by atoms with Gasteiger partial charge in [-0.15, -0.1) is 11.3 Å². The van der Waals surface area contributed by atoms with Gasteiger partial charge in [0.2, 0.25) is 15.9 Å². The first-order chi connectivity index (χ1) is 13.8. The van der Waals surface area contributed by atoms with E-state index in [0.717, 1.165) is 0 Å². The second-order valence-electron chi connectivity index (χ2n) is 6.92. The molecule has 1 aliphatic rings. The maximum absolute atomic E-state index is 12.9. The first-order valence-electron chi connectivity index (χ1n) is 9.15. The van der Waals surface area contributed by atoms with E-state index in [-0.39, 0.29) is 17.3 Å². The predicted octanol–water partition coefficient (Wildman–Crippen LogP) is 1.39. The van der Waals surface area contributed by atoms with Crippen LogP contribution in [0, 0.1) is 0 Å². The molecular formula is C19H24N4O4S2. The van der Waals surface area contributed by atoms with Crippen LogP contribution in [-0.2, 0) is 14.8 Å². The number of nitrogens with zero attached hydrogens (tertiary/aromatic N) is 3. The number of rotatable bonds is 6. The Morgan fingerprint density at radius 3 is 2.52 bits per heavy atom. The van der Waals surface area contributed by atoms with Crippen LogP contribution in [0.4, 0.5) is 5.69 Å². The van der Waals surface area contributed by atoms with Gasteiger partial charge in [-0.25, -0.2) is 8.42 Å². The molecule has 2 amide bonds. The summed E-state index contributed by atoms with van der Waals surface area (Å²) in [5.74, 6) is -0.631. The van der Waals surface area contributed by atoms with E-state index < -0.39 is 15.9 Å². The van der Waals surface area contributed by atoms with E-state index in [1.807, 2.05) is 7.05 Å². The maximum atomic E-state index is 12.9. The summed E-state index contributed by atoms with van der Waals surface area (Å²) in [6.07, 6.45) is 0. The molecule has 156 valence electrons. The van der Waals surface area contributed by atoms with Gasteiger partial charge in [-0.05, 0) is 36.7 Å². The van der Waals surface area contributed by atoms with Crippen molar-refractivity contribution < 1.29 is 18.0 Å². The molecule has 8 nitrogen and oxygen atoms in total. The van der Waals surface area contributed by atoms with Crippen molar-refractivity contribution in [1.29, 1.82) is 0 Å². The molecule has 2 aromatic rings. The summed E-state index contributed by atoms with van der Waals surface area (Å²) in [6.45, 7) is 2.10. The Morgan fingerprint density at radius 2 is 1.86 bits per heavy atom. The molecule has 1 saturated heterocycles. The summed E-state index contributed by atoms with van der Waals surface area (Å²) >= 11 is 1.31. The Bertz CT molecular complexity index is 968. The lowest BCUT2D eigenvalue weighted by Gasteiger charge is -2.31. The number of sulfonamides is 1. The fourth-order valence-electron chi connectivity index (χ4n) is 2.99. The second-order valence-corrected chi connectivity index (χ2v) is 9.81. The largest absolute Gasteiger partial charge is 0.332 e. The number of hydrogen-bond acceptors (Lipinski definition) is 6. The van der Waals surface area contributed by atoms with Gasteiger partial charge in [0.1, 0.15) is 0 Å². The van der Waals surface area contributed by atoms with Crippen LogP contribution < -0.4 is 5.32 Å². The van der Waals surface area contributed by atoms with Crippen LogP contribution in [0.3, 0.4) is 0 Å². The van der Waals surface area contributed by atoms with Crippen molar-refractivity contribution in [3.63, 3.8) is 0 Å². The van der Waals surface area contributed by atoms with Crippen molar-refractivity contribution in [1.82, 2.24) is 14.1 Å². The first kappa shape index (κ1) is 21.4. The molecule has 1 aliphatic heterocycles. The molecule has 1 aromatic heterocycles. The number of amides is 2. The average Bonchev–Trinajstić information content (AvgIpc) is 3.22. The molecule has 0 aliphatic carbocycles. The quantitative estimate of drug-likeness (QED) is 0.739. The molecular weight excluding hydrogens is 412 g/mol. The van der Waals surface area contributed by atoms with Crippen molar-refractivity contribution in [2.45, 2.75) is 4.90 Å². The molecule has 29 heavy (non-hydrogen) atoms. The minimum Gasteiger partial charge on any atom is -0.332 e. The van der Waals surface area contributed by atoms with E-state index in [1.165, 1.54) is 32.7 Å². The third kappa shape index (κ3) is 5.21. The summed E-state index contributed by atoms with van der Waals surface area (Å²) < 4.78 is 27.2. The van der Waals surface area contributed by atoms with Gasteiger partial charge >= 0.3 is 0 Å². The molecule has 2 heterocycles. The first-order valence-corrected chi connectivity index (χ1v) is 11.5. The highest BCUT2D eigenvalue weighted by Crippen LogP contribution is 2.21. The standard InChI is InChI=1S/C19H24N4O4S2/c1-21-8-10-23(11-9-21)29(26,27)16-6-3-5-15(13-16)20-18(24)14-22(2)19(25)17-7-4-12-28-17/h3-7,12-13H,8-11,14H2,1-2H3,(H,20,24). The van der Waals surface area contributed by atoms with Gasteiger partial charge in [-0.1, -0.05) is 12.1 Å². The number of hydrogen-bond donors (Lipinski definition) is 1. The summed E-state index contributed by atoms with van der Waals surface area (Å²) in [5, 5.41) is 4.47. The minimum atomic E-state index is -3.62. The number of nitrogens with one attached hydrogen (secondary N) is 1. The fraction of sp³-hybridized carbons (Fsp3) is 0.368. The molecule has 1 fully saturated rings. The van der Waals surface area contributed by atoms with Gasteiger partial charge in [0.15, 0.2) is 0 Å². The smallest absolute Gasteiger partial charge is 0.264 e. The van der Waals surface area contributed by atoms with Crippen LogP contribution in [0.2, 0.25) is 0 Å². The zero-order valence-electron chi connectivity index (χ0n) is 16.4. The van der Waals surface area contributed by atoms with E-state index in [1.54, 1.807) is 36.7 Å². The fourth-order valence-corrected chi connectivity index (χ4v) is 5.17. The SMILES string of the molecule is CN1CCN(S(=O)(=O)c2cccc(NC(=O)CN(C)C(=O)c3cccs3)c2)CC1. The highest BCUT2D eigenvalue weighted by molar-refractivity contribution is 7.89. The lowest BCUT2D eigenvalue weighted by Crippen LogP contribution is -2.47. The van der Waals surface area contributed by atoms with Gasteiger partial charge in [0.25, 0.3) is 5.91 Å². The number of benzene rings is 1. The Morgan fingerprint density at radius 1 is 1.14 bits per heavy atom. The molecule has 0 spiro atoms. The Labute approximate surface area is 174 Å². The van der Waals surface area contributed by atoms with Crippen LogP contribution in [0.1, 0.15) is 9.67 Å². The zero-order valence-corrected chi connectivity index (χ0v) is 18.0. The minimum absolute atomic E-state index is 0.133. The van der Waals surface area contributed by atoms with Crippen LogP contribution in [-0.4, -0.2) is 81.2 Å². The van der Waals surface area contributed by atoms with Gasteiger partial charge in [-0.2, -0.15) is 4.31 Å². The van der Waals surface area contributed by atoms with Crippen molar-refractivity contribution in [2.75, 3.05) is 52.1 Å². The molecule has 0 saturated carbocycles. The number of carbonyl (C=O) groups excluding carboxylic acids is 2. The van der Waals surface area contributed by atoms with Gasteiger partial charge in [-0.3, -0.25) is 9.59 Å². The number of carbonyl (C=O) groups is 2. The van der Waals surface area contributed by atoms with E-state index >= 15 is 0 Å². The molecule has 1 N–H and O–H groups in total. The zero-order chi connectivity index (χ0) is 21.0. The summed E-state index contributed by atoms with van der Waals surface area (Å²) in [5.41, 5.74) is 0.377. The van der Waals surface area contributed by atoms with Gasteiger partial charge in [0, 0.05) is 38.9 Å². The number of thiophene rings is 1. The maximum Gasteiger partial charge on any atom is 0.264 e. The number of anilines is 1. The normalized spacial score (nSPS) is 15.8. The van der Waals surface area contributed by atoms with E-state index in [4.69, 9.17) is 0 Å². The van der Waals surface area contributed by atoms with E-state index in [0.29, 0.717) is 36.7 Å². The van der Waals surface area contributed by atoms with Gasteiger partial charge in [0.05, 0.1) is 16.3 Å². The molecule has 0 unspecified atom stereocenters. The van der Waals surface area contributed by atoms with Gasteiger partial charge < -0.3 is 15.1 Å². The lowest BCUT2D eigenvalue weighted by molar-refractivity contribution is -0.116. The monoisotopic (exact) mass is 436 g/mol. The Balaban J connectivity index is 1.65. The Hall–Kier alpha value is -2.27. The summed E-state index contributed by atoms with van der Waals surface area (Å²) in [6, 6.07) is 9.68. The van der Waals surface area contributed by atoms with Crippen molar-refractivity contribution in [3.8, 4) is 0 Å². The van der Waals surface area contributed by atoms with Crippen molar-refractivity contribution in [3.05, 3.63) is 46.7 Å². The third-order valence-corrected chi connectivity index (χ3v) is 7.43. The van der Waals surface area contributed by atoms with E-state index in [9.17, 15) is 18.0 Å². The van der Waals surface area contributed by atoms with Crippen LogP contribution in [0.15, 0.2) is 46.7 Å². The van der Waals surface area contributed by atoms with Crippen molar-refractivity contribution >= 4 is 38.9 Å².